The van der Waals surface area contributed by atoms with E-state index >= 15 is 0 Å². The second-order valence-corrected chi connectivity index (χ2v) is 6.10. The maximum atomic E-state index is 12.3. The molecular weight excluding hydrogens is 276 g/mol. The van der Waals surface area contributed by atoms with Gasteiger partial charge in [0.1, 0.15) is 0 Å². The topological polar surface area (TPSA) is 99.1 Å². The minimum Gasteiger partial charge on any atom is -0.481 e. The highest BCUT2D eigenvalue weighted by molar-refractivity contribution is 5.76. The fourth-order valence-electron chi connectivity index (χ4n) is 2.60. The molecule has 1 aliphatic rings. The molecule has 1 saturated heterocycles. The Balaban J connectivity index is 2.65. The summed E-state index contributed by atoms with van der Waals surface area (Å²) in [6, 6.07) is -0.678. The van der Waals surface area contributed by atoms with Gasteiger partial charge in [-0.25, -0.2) is 4.79 Å². The van der Waals surface area contributed by atoms with Crippen LogP contribution in [-0.4, -0.2) is 64.6 Å². The largest absolute Gasteiger partial charge is 0.481 e. The average Bonchev–Trinajstić information content (AvgIpc) is 2.36. The number of nitrogens with one attached hydrogen (secondary N) is 1. The summed E-state index contributed by atoms with van der Waals surface area (Å²) in [5.74, 6) is -0.927. The molecule has 2 unspecified atom stereocenters. The van der Waals surface area contributed by atoms with Crippen molar-refractivity contribution in [2.24, 2.45) is 0 Å². The number of urea groups is 1. The van der Waals surface area contributed by atoms with Gasteiger partial charge in [0, 0.05) is 6.04 Å². The predicted octanol–water partition coefficient (Wildman–Crippen LogP) is 0.811. The first-order chi connectivity index (χ1) is 9.77. The number of aliphatic hydroxyl groups is 1. The van der Waals surface area contributed by atoms with E-state index in [9.17, 15) is 14.7 Å². The molecule has 1 heterocycles. The zero-order chi connectivity index (χ0) is 16.0. The second-order valence-electron chi connectivity index (χ2n) is 6.10. The van der Waals surface area contributed by atoms with Gasteiger partial charge in [0.05, 0.1) is 37.8 Å². The number of carboxylic acid groups (broad SMARTS) is 1. The van der Waals surface area contributed by atoms with Crippen molar-refractivity contribution in [1.82, 2.24) is 10.2 Å². The van der Waals surface area contributed by atoms with Gasteiger partial charge in [0.15, 0.2) is 0 Å². The normalized spacial score (nSPS) is 22.7. The molecule has 1 aliphatic heterocycles. The van der Waals surface area contributed by atoms with E-state index in [0.717, 1.165) is 6.42 Å². The van der Waals surface area contributed by atoms with E-state index in [4.69, 9.17) is 9.84 Å². The molecular formula is C14H26N2O5. The lowest BCUT2D eigenvalue weighted by atomic mass is 10.1. The SMILES string of the molecule is CCCC(CC(=O)O)NC(=O)N1CC(CO)OC(C)(C)C1. The van der Waals surface area contributed by atoms with Gasteiger partial charge in [-0.3, -0.25) is 4.79 Å². The van der Waals surface area contributed by atoms with E-state index in [-0.39, 0.29) is 25.1 Å². The van der Waals surface area contributed by atoms with Crippen LogP contribution in [0.25, 0.3) is 0 Å². The third kappa shape index (κ3) is 5.89. The lowest BCUT2D eigenvalue weighted by Crippen LogP contribution is -2.58. The van der Waals surface area contributed by atoms with Gasteiger partial charge in [-0.05, 0) is 20.3 Å². The van der Waals surface area contributed by atoms with Crippen LogP contribution < -0.4 is 5.32 Å². The lowest BCUT2D eigenvalue weighted by molar-refractivity contribution is -0.139. The number of nitrogens with zero attached hydrogens (tertiary/aromatic N) is 1. The van der Waals surface area contributed by atoms with E-state index < -0.39 is 17.7 Å². The van der Waals surface area contributed by atoms with Crippen molar-refractivity contribution in [2.75, 3.05) is 19.7 Å². The van der Waals surface area contributed by atoms with Gasteiger partial charge in [0.25, 0.3) is 0 Å². The smallest absolute Gasteiger partial charge is 0.317 e. The first kappa shape index (κ1) is 17.7. The van der Waals surface area contributed by atoms with Crippen molar-refractivity contribution in [3.63, 3.8) is 0 Å². The highest BCUT2D eigenvalue weighted by Gasteiger charge is 2.35. The van der Waals surface area contributed by atoms with Crippen LogP contribution >= 0.6 is 0 Å². The molecule has 1 rings (SSSR count). The van der Waals surface area contributed by atoms with Crippen LogP contribution in [0.4, 0.5) is 4.79 Å². The summed E-state index contributed by atoms with van der Waals surface area (Å²) in [6.07, 6.45) is 0.918. The Bertz CT molecular complexity index is 372. The zero-order valence-corrected chi connectivity index (χ0v) is 13.0. The van der Waals surface area contributed by atoms with Gasteiger partial charge >= 0.3 is 12.0 Å². The number of hydrogen-bond acceptors (Lipinski definition) is 4. The molecule has 0 aromatic rings. The van der Waals surface area contributed by atoms with E-state index in [0.29, 0.717) is 19.5 Å². The Morgan fingerprint density at radius 3 is 2.67 bits per heavy atom. The predicted molar refractivity (Wildman–Crippen MR) is 77.1 cm³/mol. The maximum Gasteiger partial charge on any atom is 0.317 e. The molecule has 122 valence electrons. The Morgan fingerprint density at radius 1 is 1.48 bits per heavy atom. The van der Waals surface area contributed by atoms with Crippen molar-refractivity contribution in [3.8, 4) is 0 Å². The molecule has 0 bridgehead atoms. The minimum atomic E-state index is -0.927. The number of ether oxygens (including phenoxy) is 1. The van der Waals surface area contributed by atoms with Crippen LogP contribution in [0.2, 0.25) is 0 Å². The fourth-order valence-corrected chi connectivity index (χ4v) is 2.60. The fraction of sp³-hybridized carbons (Fsp3) is 0.857. The highest BCUT2D eigenvalue weighted by Crippen LogP contribution is 2.21. The number of morpholine rings is 1. The van der Waals surface area contributed by atoms with E-state index in [1.807, 2.05) is 20.8 Å². The molecule has 0 aliphatic carbocycles. The monoisotopic (exact) mass is 302 g/mol. The summed E-state index contributed by atoms with van der Waals surface area (Å²) in [7, 11) is 0. The summed E-state index contributed by atoms with van der Waals surface area (Å²) >= 11 is 0. The van der Waals surface area contributed by atoms with Gasteiger partial charge in [0.2, 0.25) is 0 Å². The van der Waals surface area contributed by atoms with E-state index in [1.165, 1.54) is 0 Å². The number of carboxylic acids is 1. The quantitative estimate of drug-likeness (QED) is 0.674. The third-order valence-corrected chi connectivity index (χ3v) is 3.36. The van der Waals surface area contributed by atoms with Crippen LogP contribution in [0.5, 0.6) is 0 Å². The molecule has 3 N–H and O–H groups in total. The van der Waals surface area contributed by atoms with Crippen LogP contribution in [-0.2, 0) is 9.53 Å². The van der Waals surface area contributed by atoms with Crippen LogP contribution in [0.1, 0.15) is 40.0 Å². The van der Waals surface area contributed by atoms with Crippen molar-refractivity contribution in [3.05, 3.63) is 0 Å². The molecule has 7 heteroatoms. The maximum absolute atomic E-state index is 12.3. The molecule has 7 nitrogen and oxygen atoms in total. The summed E-state index contributed by atoms with van der Waals surface area (Å²) in [5.41, 5.74) is -0.532. The summed E-state index contributed by atoms with van der Waals surface area (Å²) in [6.45, 7) is 6.21. The second kappa shape index (κ2) is 7.61. The molecule has 2 amide bonds. The summed E-state index contributed by atoms with van der Waals surface area (Å²) in [5, 5.41) is 20.9. The number of aliphatic hydroxyl groups excluding tert-OH is 1. The van der Waals surface area contributed by atoms with Crippen molar-refractivity contribution < 1.29 is 24.5 Å². The van der Waals surface area contributed by atoms with Gasteiger partial charge in [-0.2, -0.15) is 0 Å². The molecule has 0 aromatic heterocycles. The van der Waals surface area contributed by atoms with Crippen LogP contribution in [0.3, 0.4) is 0 Å². The summed E-state index contributed by atoms with van der Waals surface area (Å²) in [4.78, 5) is 24.7. The first-order valence-corrected chi connectivity index (χ1v) is 7.33. The van der Waals surface area contributed by atoms with E-state index in [2.05, 4.69) is 5.32 Å². The number of carbonyl (C=O) groups excluding carboxylic acids is 1. The average molecular weight is 302 g/mol. The molecule has 21 heavy (non-hydrogen) atoms. The minimum absolute atomic E-state index is 0.0866. The zero-order valence-electron chi connectivity index (χ0n) is 13.0. The molecule has 0 spiro atoms. The van der Waals surface area contributed by atoms with Crippen LogP contribution in [0, 0.1) is 0 Å². The Kier molecular flexibility index (Phi) is 6.42. The lowest BCUT2D eigenvalue weighted by Gasteiger charge is -2.42. The van der Waals surface area contributed by atoms with Crippen molar-refractivity contribution in [2.45, 2.75) is 57.8 Å². The standard InChI is InChI=1S/C14H26N2O5/c1-4-5-10(6-12(18)19)15-13(20)16-7-11(8-17)21-14(2,3)9-16/h10-11,17H,4-9H2,1-3H3,(H,15,20)(H,18,19). The molecule has 2 atom stereocenters. The highest BCUT2D eigenvalue weighted by atomic mass is 16.5. The first-order valence-electron chi connectivity index (χ1n) is 7.33. The molecule has 0 aromatic carbocycles. The Hall–Kier alpha value is -1.34. The Morgan fingerprint density at radius 2 is 2.14 bits per heavy atom. The number of amides is 2. The number of rotatable bonds is 6. The number of aliphatic carboxylic acids is 1. The van der Waals surface area contributed by atoms with E-state index in [1.54, 1.807) is 4.90 Å². The van der Waals surface area contributed by atoms with Crippen LogP contribution in [0.15, 0.2) is 0 Å². The molecule has 1 fully saturated rings. The molecule has 0 saturated carbocycles. The van der Waals surface area contributed by atoms with Gasteiger partial charge in [-0.1, -0.05) is 13.3 Å². The van der Waals surface area contributed by atoms with Gasteiger partial charge < -0.3 is 25.2 Å². The number of hydrogen-bond donors (Lipinski definition) is 3. The van der Waals surface area contributed by atoms with Crippen molar-refractivity contribution in [1.29, 1.82) is 0 Å². The summed E-state index contributed by atoms with van der Waals surface area (Å²) < 4.78 is 5.65. The molecule has 0 radical (unpaired) electrons. The third-order valence-electron chi connectivity index (χ3n) is 3.36. The van der Waals surface area contributed by atoms with Gasteiger partial charge in [-0.15, -0.1) is 0 Å². The number of carbonyl (C=O) groups is 2. The van der Waals surface area contributed by atoms with Crippen molar-refractivity contribution >= 4 is 12.0 Å². The Labute approximate surface area is 125 Å².